The first-order valence-electron chi connectivity index (χ1n) is 9.78. The number of esters is 1. The molecular weight excluding hydrogens is 400 g/mol. The Labute approximate surface area is 180 Å². The number of anilines is 3. The maximum absolute atomic E-state index is 13.1. The fraction of sp³-hybridized carbons (Fsp3) is 0.273. The predicted octanol–water partition coefficient (Wildman–Crippen LogP) is 2.79. The Hall–Kier alpha value is -3.88. The summed E-state index contributed by atoms with van der Waals surface area (Å²) in [6.07, 6.45) is 0.112. The largest absolute Gasteiger partial charge is 0.494 e. The number of hydrazone groups is 1. The molecule has 2 aromatic carbocycles. The molecule has 3 rings (SSSR count). The van der Waals surface area contributed by atoms with Crippen LogP contribution in [-0.2, 0) is 19.1 Å². The molecule has 1 atom stereocenters. The molecule has 1 aliphatic heterocycles. The van der Waals surface area contributed by atoms with E-state index < -0.39 is 12.0 Å². The van der Waals surface area contributed by atoms with E-state index in [2.05, 4.69) is 15.7 Å². The van der Waals surface area contributed by atoms with Gasteiger partial charge in [0.15, 0.2) is 0 Å². The minimum absolute atomic E-state index is 0.112. The van der Waals surface area contributed by atoms with Crippen molar-refractivity contribution in [1.29, 1.82) is 0 Å². The first-order valence-corrected chi connectivity index (χ1v) is 9.78. The van der Waals surface area contributed by atoms with E-state index in [0.29, 0.717) is 22.8 Å². The lowest BCUT2D eigenvalue weighted by Crippen LogP contribution is -2.38. The number of carbonyl (C=O) groups is 3. The number of hydrogen-bond donors (Lipinski definition) is 2. The normalized spacial score (nSPS) is 15.1. The number of ether oxygens (including phenoxy) is 2. The van der Waals surface area contributed by atoms with E-state index in [1.165, 1.54) is 19.0 Å². The highest BCUT2D eigenvalue weighted by molar-refractivity contribution is 6.38. The van der Waals surface area contributed by atoms with Gasteiger partial charge < -0.3 is 20.1 Å². The smallest absolute Gasteiger partial charge is 0.354 e. The third-order valence-corrected chi connectivity index (χ3v) is 4.52. The predicted molar refractivity (Wildman–Crippen MR) is 117 cm³/mol. The van der Waals surface area contributed by atoms with Gasteiger partial charge in [-0.25, -0.2) is 4.79 Å². The molecule has 1 aliphatic rings. The number of amides is 2. The molecule has 9 nitrogen and oxygen atoms in total. The molecule has 2 aromatic rings. The van der Waals surface area contributed by atoms with E-state index in [1.54, 1.807) is 25.1 Å². The second kappa shape index (κ2) is 9.75. The van der Waals surface area contributed by atoms with Gasteiger partial charge in [-0.2, -0.15) is 5.10 Å². The quantitative estimate of drug-likeness (QED) is 0.662. The van der Waals surface area contributed by atoms with E-state index in [-0.39, 0.29) is 30.6 Å². The van der Waals surface area contributed by atoms with E-state index in [4.69, 9.17) is 9.47 Å². The minimum Gasteiger partial charge on any atom is -0.494 e. The van der Waals surface area contributed by atoms with Crippen molar-refractivity contribution in [3.05, 3.63) is 48.5 Å². The molecule has 0 aliphatic carbocycles. The summed E-state index contributed by atoms with van der Waals surface area (Å²) < 4.78 is 10.4. The van der Waals surface area contributed by atoms with Crippen molar-refractivity contribution >= 4 is 40.6 Å². The summed E-state index contributed by atoms with van der Waals surface area (Å²) in [5, 5.41) is 11.4. The fourth-order valence-electron chi connectivity index (χ4n) is 3.16. The van der Waals surface area contributed by atoms with Gasteiger partial charge in [0, 0.05) is 25.1 Å². The molecule has 0 bridgehead atoms. The number of carbonyl (C=O) groups excluding carboxylic acids is 3. The van der Waals surface area contributed by atoms with Gasteiger partial charge in [-0.05, 0) is 31.2 Å². The SMILES string of the molecule is CCOC(=O)C1=NN(c2ccccc2)C(C(=O)Nc2ccc(NC(C)=O)c(OC)c2)C1. The summed E-state index contributed by atoms with van der Waals surface area (Å²) in [5.41, 5.74) is 1.84. The van der Waals surface area contributed by atoms with Crippen LogP contribution in [0.3, 0.4) is 0 Å². The fourth-order valence-corrected chi connectivity index (χ4v) is 3.16. The van der Waals surface area contributed by atoms with Gasteiger partial charge >= 0.3 is 5.97 Å². The van der Waals surface area contributed by atoms with Crippen molar-refractivity contribution < 1.29 is 23.9 Å². The molecule has 0 saturated heterocycles. The average molecular weight is 424 g/mol. The number of methoxy groups -OCH3 is 1. The summed E-state index contributed by atoms with van der Waals surface area (Å²) in [7, 11) is 1.47. The number of hydrogen-bond acceptors (Lipinski definition) is 7. The van der Waals surface area contributed by atoms with Crippen molar-refractivity contribution in [2.45, 2.75) is 26.3 Å². The summed E-state index contributed by atoms with van der Waals surface area (Å²) >= 11 is 0. The van der Waals surface area contributed by atoms with Crippen molar-refractivity contribution in [3.63, 3.8) is 0 Å². The summed E-state index contributed by atoms with van der Waals surface area (Å²) in [4.78, 5) is 36.6. The number of nitrogens with one attached hydrogen (secondary N) is 2. The molecule has 0 radical (unpaired) electrons. The van der Waals surface area contributed by atoms with E-state index in [0.717, 1.165) is 0 Å². The average Bonchev–Trinajstić information content (AvgIpc) is 3.21. The second-order valence-corrected chi connectivity index (χ2v) is 6.75. The molecule has 0 aromatic heterocycles. The lowest BCUT2D eigenvalue weighted by Gasteiger charge is -2.23. The Morgan fingerprint density at radius 1 is 1.13 bits per heavy atom. The van der Waals surface area contributed by atoms with Crippen LogP contribution in [-0.4, -0.2) is 43.3 Å². The molecule has 0 saturated carbocycles. The van der Waals surface area contributed by atoms with E-state index in [9.17, 15) is 14.4 Å². The monoisotopic (exact) mass is 424 g/mol. The first-order chi connectivity index (χ1) is 14.9. The van der Waals surface area contributed by atoms with Crippen LogP contribution >= 0.6 is 0 Å². The van der Waals surface area contributed by atoms with E-state index >= 15 is 0 Å². The number of nitrogens with zero attached hydrogens (tertiary/aromatic N) is 2. The van der Waals surface area contributed by atoms with Crippen LogP contribution < -0.4 is 20.4 Å². The van der Waals surface area contributed by atoms with Crippen LogP contribution in [0, 0.1) is 0 Å². The maximum atomic E-state index is 13.1. The van der Waals surface area contributed by atoms with Gasteiger partial charge in [-0.15, -0.1) is 0 Å². The van der Waals surface area contributed by atoms with Gasteiger partial charge in [-0.1, -0.05) is 18.2 Å². The van der Waals surface area contributed by atoms with E-state index in [1.807, 2.05) is 30.3 Å². The number of para-hydroxylation sites is 1. The maximum Gasteiger partial charge on any atom is 0.354 e. The molecular formula is C22H24N4O5. The molecule has 1 heterocycles. The Balaban J connectivity index is 1.82. The molecule has 0 spiro atoms. The van der Waals surface area contributed by atoms with Crippen LogP contribution in [0.4, 0.5) is 17.1 Å². The molecule has 1 unspecified atom stereocenters. The van der Waals surface area contributed by atoms with Crippen LogP contribution in [0.25, 0.3) is 0 Å². The summed E-state index contributed by atoms with van der Waals surface area (Å²) in [5.74, 6) is -0.715. The lowest BCUT2D eigenvalue weighted by atomic mass is 10.1. The van der Waals surface area contributed by atoms with Gasteiger partial charge in [0.25, 0.3) is 0 Å². The summed E-state index contributed by atoms with van der Waals surface area (Å²) in [6.45, 7) is 3.33. The standard InChI is InChI=1S/C22H24N4O5/c1-4-31-22(29)18-13-19(26(25-18)16-8-6-5-7-9-16)21(28)24-15-10-11-17(23-14(2)27)20(12-15)30-3/h5-12,19H,4,13H2,1-3H3,(H,23,27)(H,24,28). The van der Waals surface area contributed by atoms with Crippen LogP contribution in [0.5, 0.6) is 5.75 Å². The van der Waals surface area contributed by atoms with Gasteiger partial charge in [0.05, 0.1) is 25.1 Å². The highest BCUT2D eigenvalue weighted by atomic mass is 16.5. The Morgan fingerprint density at radius 2 is 1.87 bits per heavy atom. The van der Waals surface area contributed by atoms with Crippen molar-refractivity contribution in [3.8, 4) is 5.75 Å². The zero-order chi connectivity index (χ0) is 22.4. The Morgan fingerprint density at radius 3 is 2.52 bits per heavy atom. The van der Waals surface area contributed by atoms with Crippen LogP contribution in [0.1, 0.15) is 20.3 Å². The molecule has 162 valence electrons. The Kier molecular flexibility index (Phi) is 6.86. The molecule has 2 N–H and O–H groups in total. The first kappa shape index (κ1) is 21.8. The van der Waals surface area contributed by atoms with Crippen molar-refractivity contribution in [2.75, 3.05) is 29.4 Å². The number of rotatable bonds is 7. The highest BCUT2D eigenvalue weighted by Crippen LogP contribution is 2.30. The van der Waals surface area contributed by atoms with Crippen molar-refractivity contribution in [1.82, 2.24) is 0 Å². The molecule has 9 heteroatoms. The second-order valence-electron chi connectivity index (χ2n) is 6.75. The zero-order valence-electron chi connectivity index (χ0n) is 17.5. The number of benzene rings is 2. The third kappa shape index (κ3) is 5.19. The Bertz CT molecular complexity index is 1010. The topological polar surface area (TPSA) is 109 Å². The minimum atomic E-state index is -0.733. The molecule has 31 heavy (non-hydrogen) atoms. The molecule has 2 amide bonds. The van der Waals surface area contributed by atoms with Crippen LogP contribution in [0.2, 0.25) is 0 Å². The van der Waals surface area contributed by atoms with Crippen molar-refractivity contribution in [2.24, 2.45) is 5.10 Å². The van der Waals surface area contributed by atoms with Gasteiger partial charge in [0.1, 0.15) is 17.5 Å². The summed E-state index contributed by atoms with van der Waals surface area (Å²) in [6, 6.07) is 13.3. The van der Waals surface area contributed by atoms with Gasteiger partial charge in [-0.3, -0.25) is 14.6 Å². The lowest BCUT2D eigenvalue weighted by molar-refractivity contribution is -0.135. The highest BCUT2D eigenvalue weighted by Gasteiger charge is 2.37. The van der Waals surface area contributed by atoms with Crippen LogP contribution in [0.15, 0.2) is 53.6 Å². The third-order valence-electron chi connectivity index (χ3n) is 4.52. The zero-order valence-corrected chi connectivity index (χ0v) is 17.5. The van der Waals surface area contributed by atoms with Gasteiger partial charge in [0.2, 0.25) is 11.8 Å². The molecule has 0 fully saturated rings.